The van der Waals surface area contributed by atoms with Crippen molar-refractivity contribution >= 4 is 24.1 Å². The number of pyridine rings is 2. The Morgan fingerprint density at radius 2 is 1.52 bits per heavy atom. The van der Waals surface area contributed by atoms with Gasteiger partial charge in [0.1, 0.15) is 17.0 Å². The summed E-state index contributed by atoms with van der Waals surface area (Å²) in [6.07, 6.45) is 1.60. The van der Waals surface area contributed by atoms with Crippen molar-refractivity contribution in [1.82, 2.24) is 25.9 Å². The van der Waals surface area contributed by atoms with Crippen LogP contribution in [0.25, 0.3) is 11.1 Å². The summed E-state index contributed by atoms with van der Waals surface area (Å²) in [7, 11) is 1.56. The number of hydrogen-bond acceptors (Lipinski definition) is 8. The van der Waals surface area contributed by atoms with Crippen LogP contribution < -0.4 is 20.7 Å². The average Bonchev–Trinajstić information content (AvgIpc) is 2.92. The number of carbonyl (C=O) groups excluding carboxylic acids is 3. The van der Waals surface area contributed by atoms with Gasteiger partial charge in [0.05, 0.1) is 19.3 Å². The van der Waals surface area contributed by atoms with Crippen molar-refractivity contribution in [3.63, 3.8) is 0 Å². The van der Waals surface area contributed by atoms with Crippen molar-refractivity contribution in [2.24, 2.45) is 4.99 Å². The molecule has 3 rings (SSSR count). The molecule has 12 nitrogen and oxygen atoms in total. The van der Waals surface area contributed by atoms with Crippen LogP contribution in [0.1, 0.15) is 68.9 Å². The molecule has 0 saturated carbocycles. The summed E-state index contributed by atoms with van der Waals surface area (Å²) in [5.74, 6) is 0.142. The van der Waals surface area contributed by atoms with Gasteiger partial charge in [-0.15, -0.1) is 4.99 Å². The van der Waals surface area contributed by atoms with E-state index < -0.39 is 23.4 Å². The third-order valence-corrected chi connectivity index (χ3v) is 5.61. The van der Waals surface area contributed by atoms with E-state index in [2.05, 4.69) is 30.9 Å². The number of benzene rings is 1. The Labute approximate surface area is 257 Å². The van der Waals surface area contributed by atoms with Gasteiger partial charge in [0.25, 0.3) is 5.91 Å². The minimum Gasteiger partial charge on any atom is -0.497 e. The number of aliphatic imine (C=N–C) groups is 1. The molecule has 0 saturated heterocycles. The lowest BCUT2D eigenvalue weighted by molar-refractivity contribution is 0.0560. The standard InChI is InChI=1S/C32H40N6O6/c1-20-13-22(9-11-33-20)23-14-21(15-24(16-23)27(39)35-19-25-17-26(42-8)10-12-34-25)18-36-28(37-29(40)43-31(2,3)4)38-30(41)44-32(5,6)7/h9-17H,18-19H2,1-8H3,(H,35,39)(H2,36,37,38,40,41). The molecule has 0 radical (unpaired) electrons. The van der Waals surface area contributed by atoms with Crippen molar-refractivity contribution in [3.8, 4) is 16.9 Å². The zero-order valence-corrected chi connectivity index (χ0v) is 26.4. The minimum absolute atomic E-state index is 0.0903. The Hall–Kier alpha value is -5.00. The molecule has 0 atom stereocenters. The Morgan fingerprint density at radius 1 is 0.818 bits per heavy atom. The zero-order valence-electron chi connectivity index (χ0n) is 26.4. The van der Waals surface area contributed by atoms with Gasteiger partial charge in [0, 0.05) is 36.3 Å². The number of alkyl carbamates (subject to hydrolysis) is 1. The van der Waals surface area contributed by atoms with E-state index in [-0.39, 0.29) is 25.0 Å². The number of nitrogens with one attached hydrogen (secondary N) is 3. The normalized spacial score (nSPS) is 11.8. The summed E-state index contributed by atoms with van der Waals surface area (Å²) >= 11 is 0. The zero-order chi connectivity index (χ0) is 32.5. The maximum atomic E-state index is 13.3. The molecule has 2 aromatic heterocycles. The lowest BCUT2D eigenvalue weighted by atomic mass is 9.99. The Kier molecular flexibility index (Phi) is 11.0. The van der Waals surface area contributed by atoms with Gasteiger partial charge in [-0.2, -0.15) is 0 Å². The first kappa shape index (κ1) is 33.5. The van der Waals surface area contributed by atoms with Crippen molar-refractivity contribution in [1.29, 1.82) is 0 Å². The van der Waals surface area contributed by atoms with Gasteiger partial charge in [-0.3, -0.25) is 20.1 Å². The summed E-state index contributed by atoms with van der Waals surface area (Å²) < 4.78 is 15.9. The number of aryl methyl sites for hydroxylation is 1. The fourth-order valence-electron chi connectivity index (χ4n) is 3.84. The van der Waals surface area contributed by atoms with Gasteiger partial charge in [-0.1, -0.05) is 0 Å². The molecule has 12 heteroatoms. The molecule has 234 valence electrons. The van der Waals surface area contributed by atoms with Crippen molar-refractivity contribution in [2.75, 3.05) is 7.11 Å². The molecule has 0 bridgehead atoms. The molecule has 0 aliphatic heterocycles. The number of nitrogens with zero attached hydrogens (tertiary/aromatic N) is 3. The molecule has 3 N–H and O–H groups in total. The molecule has 2 heterocycles. The lowest BCUT2D eigenvalue weighted by Gasteiger charge is -2.21. The minimum atomic E-state index is -0.900. The highest BCUT2D eigenvalue weighted by molar-refractivity contribution is 5.99. The number of carbonyl (C=O) groups is 3. The molecule has 0 unspecified atom stereocenters. The summed E-state index contributed by atoms with van der Waals surface area (Å²) in [6.45, 7) is 12.4. The van der Waals surface area contributed by atoms with E-state index in [0.717, 1.165) is 16.8 Å². The smallest absolute Gasteiger partial charge is 0.437 e. The van der Waals surface area contributed by atoms with E-state index in [0.29, 0.717) is 22.6 Å². The molecule has 44 heavy (non-hydrogen) atoms. The third kappa shape index (κ3) is 11.3. The quantitative estimate of drug-likeness (QED) is 0.241. The van der Waals surface area contributed by atoms with E-state index in [1.807, 2.05) is 25.1 Å². The van der Waals surface area contributed by atoms with Gasteiger partial charge in [0.15, 0.2) is 0 Å². The predicted molar refractivity (Wildman–Crippen MR) is 166 cm³/mol. The highest BCUT2D eigenvalue weighted by atomic mass is 16.6. The lowest BCUT2D eigenvalue weighted by Crippen LogP contribution is -2.44. The molecule has 0 aliphatic carbocycles. The second-order valence-corrected chi connectivity index (χ2v) is 11.9. The van der Waals surface area contributed by atoms with Gasteiger partial charge >= 0.3 is 12.2 Å². The second-order valence-electron chi connectivity index (χ2n) is 11.9. The number of hydrogen-bond donors (Lipinski definition) is 3. The van der Waals surface area contributed by atoms with E-state index in [1.54, 1.807) is 85.3 Å². The van der Waals surface area contributed by atoms with E-state index in [1.165, 1.54) is 0 Å². The number of methoxy groups -OCH3 is 1. The number of rotatable bonds is 7. The van der Waals surface area contributed by atoms with Gasteiger partial charge < -0.3 is 24.8 Å². The SMILES string of the molecule is COc1ccnc(CNC(=O)c2cc(CN/C(=N\C(=O)OC(C)(C)C)NC(=O)OC(C)(C)C)cc(-c3ccnc(C)c3)c2)c1. The average molecular weight is 605 g/mol. The van der Waals surface area contributed by atoms with Crippen LogP contribution in [-0.2, 0) is 22.6 Å². The first-order chi connectivity index (χ1) is 20.6. The van der Waals surface area contributed by atoms with Crippen LogP contribution in [0.15, 0.2) is 59.9 Å². The first-order valence-corrected chi connectivity index (χ1v) is 14.0. The fraction of sp³-hybridized carbons (Fsp3) is 0.375. The van der Waals surface area contributed by atoms with Crippen LogP contribution in [-0.4, -0.2) is 52.3 Å². The van der Waals surface area contributed by atoms with Gasteiger partial charge in [0.2, 0.25) is 5.96 Å². The van der Waals surface area contributed by atoms with Crippen molar-refractivity contribution in [2.45, 2.75) is 72.8 Å². The molecule has 0 spiro atoms. The molecule has 0 aliphatic rings. The monoisotopic (exact) mass is 604 g/mol. The summed E-state index contributed by atoms with van der Waals surface area (Å²) in [5.41, 5.74) is 2.57. The molecular formula is C32H40N6O6. The van der Waals surface area contributed by atoms with E-state index in [4.69, 9.17) is 14.2 Å². The van der Waals surface area contributed by atoms with Crippen LogP contribution in [0.3, 0.4) is 0 Å². The van der Waals surface area contributed by atoms with Crippen molar-refractivity contribution in [3.05, 3.63) is 77.4 Å². The highest BCUT2D eigenvalue weighted by Gasteiger charge is 2.21. The predicted octanol–water partition coefficient (Wildman–Crippen LogP) is 5.30. The molecular weight excluding hydrogens is 564 g/mol. The largest absolute Gasteiger partial charge is 0.497 e. The maximum Gasteiger partial charge on any atom is 0.437 e. The first-order valence-electron chi connectivity index (χ1n) is 14.0. The number of aromatic nitrogens is 2. The fourth-order valence-corrected chi connectivity index (χ4v) is 3.84. The maximum absolute atomic E-state index is 13.3. The Bertz CT molecular complexity index is 1520. The number of guanidine groups is 1. The third-order valence-electron chi connectivity index (χ3n) is 5.61. The topological polar surface area (TPSA) is 153 Å². The summed E-state index contributed by atoms with van der Waals surface area (Å²) in [5, 5.41) is 8.33. The summed E-state index contributed by atoms with van der Waals surface area (Å²) in [6, 6.07) is 12.6. The van der Waals surface area contributed by atoms with E-state index >= 15 is 0 Å². The summed E-state index contributed by atoms with van der Waals surface area (Å²) in [4.78, 5) is 50.7. The molecule has 3 amide bonds. The van der Waals surface area contributed by atoms with Crippen LogP contribution in [0, 0.1) is 6.92 Å². The van der Waals surface area contributed by atoms with Crippen molar-refractivity contribution < 1.29 is 28.6 Å². The van der Waals surface area contributed by atoms with Crippen LogP contribution in [0.4, 0.5) is 9.59 Å². The highest BCUT2D eigenvalue weighted by Crippen LogP contribution is 2.23. The molecule has 1 aromatic carbocycles. The number of ether oxygens (including phenoxy) is 3. The molecule has 0 fully saturated rings. The Balaban J connectivity index is 1.90. The molecule has 3 aromatic rings. The van der Waals surface area contributed by atoms with Crippen LogP contribution >= 0.6 is 0 Å². The van der Waals surface area contributed by atoms with Gasteiger partial charge in [-0.25, -0.2) is 9.59 Å². The van der Waals surface area contributed by atoms with Gasteiger partial charge in [-0.05, 0) is 102 Å². The van der Waals surface area contributed by atoms with E-state index in [9.17, 15) is 14.4 Å². The number of amides is 3. The second kappa shape index (κ2) is 14.5. The van der Waals surface area contributed by atoms with Crippen LogP contribution in [0.2, 0.25) is 0 Å². The van der Waals surface area contributed by atoms with Crippen LogP contribution in [0.5, 0.6) is 5.75 Å². The Morgan fingerprint density at radius 3 is 2.18 bits per heavy atom.